The van der Waals surface area contributed by atoms with Crippen LogP contribution in [-0.2, 0) is 4.74 Å². The number of halogens is 1. The van der Waals surface area contributed by atoms with Crippen LogP contribution in [0.2, 0.25) is 0 Å². The maximum absolute atomic E-state index is 5.49. The van der Waals surface area contributed by atoms with E-state index in [-0.39, 0.29) is 0 Å². The number of rotatable bonds is 6. The fourth-order valence-corrected chi connectivity index (χ4v) is 0.607. The molecule has 0 aromatic rings. The number of nitrogens with one attached hydrogen (secondary N) is 1. The van der Waals surface area contributed by atoms with Gasteiger partial charge >= 0.3 is 0 Å². The van der Waals surface area contributed by atoms with Crippen LogP contribution in [0.25, 0.3) is 0 Å². The van der Waals surface area contributed by atoms with E-state index in [0.717, 1.165) is 19.8 Å². The predicted molar refractivity (Wildman–Crippen MR) is 44.4 cm³/mol. The van der Waals surface area contributed by atoms with Gasteiger partial charge in [-0.1, -0.05) is 18.2 Å². The first-order chi connectivity index (χ1) is 4.77. The molecule has 10 heavy (non-hydrogen) atoms. The maximum Gasteiger partial charge on any atom is 0.0590 e. The number of hydrogen-bond donors (Lipinski definition) is 1. The van der Waals surface area contributed by atoms with Crippen molar-refractivity contribution >= 4 is 11.6 Å². The highest BCUT2D eigenvalue weighted by atomic mass is 35.5. The van der Waals surface area contributed by atoms with E-state index in [0.29, 0.717) is 11.6 Å². The molecular weight excluding hydrogens is 150 g/mol. The third-order valence-corrected chi connectivity index (χ3v) is 1.08. The second kappa shape index (κ2) is 7.06. The molecule has 60 valence electrons. The first-order valence-electron chi connectivity index (χ1n) is 3.39. The molecule has 0 spiro atoms. The van der Waals surface area contributed by atoms with Gasteiger partial charge in [0, 0.05) is 24.7 Å². The first-order valence-corrected chi connectivity index (χ1v) is 3.77. The minimum absolute atomic E-state index is 0.636. The second-order valence-electron chi connectivity index (χ2n) is 1.89. The zero-order valence-corrected chi connectivity index (χ0v) is 7.08. The van der Waals surface area contributed by atoms with Crippen LogP contribution in [0.5, 0.6) is 0 Å². The van der Waals surface area contributed by atoms with Crippen molar-refractivity contribution in [1.82, 2.24) is 5.32 Å². The predicted octanol–water partition coefficient (Wildman–Crippen LogP) is 1.36. The molecule has 0 aliphatic rings. The lowest BCUT2D eigenvalue weighted by molar-refractivity contribution is 0.150. The molecule has 3 heteroatoms. The van der Waals surface area contributed by atoms with Gasteiger partial charge in [0.15, 0.2) is 0 Å². The van der Waals surface area contributed by atoms with Crippen molar-refractivity contribution in [2.24, 2.45) is 0 Å². The van der Waals surface area contributed by atoms with Gasteiger partial charge in [0.05, 0.1) is 6.61 Å². The summed E-state index contributed by atoms with van der Waals surface area (Å²) < 4.78 is 5.08. The van der Waals surface area contributed by atoms with Crippen molar-refractivity contribution in [1.29, 1.82) is 0 Å². The Balaban J connectivity index is 2.84. The van der Waals surface area contributed by atoms with Crippen molar-refractivity contribution in [3.05, 3.63) is 11.6 Å². The van der Waals surface area contributed by atoms with Crippen LogP contribution in [0.15, 0.2) is 11.6 Å². The first kappa shape index (κ1) is 9.95. The summed E-state index contributed by atoms with van der Waals surface area (Å²) >= 11 is 5.49. The van der Waals surface area contributed by atoms with E-state index in [4.69, 9.17) is 16.3 Å². The van der Waals surface area contributed by atoms with Crippen LogP contribution in [0.1, 0.15) is 6.92 Å². The van der Waals surface area contributed by atoms with Crippen LogP contribution >= 0.6 is 11.6 Å². The fraction of sp³-hybridized carbons (Fsp3) is 0.714. The lowest BCUT2D eigenvalue weighted by Crippen LogP contribution is -2.20. The minimum Gasteiger partial charge on any atom is -0.380 e. The van der Waals surface area contributed by atoms with Gasteiger partial charge < -0.3 is 10.1 Å². The lowest BCUT2D eigenvalue weighted by atomic mass is 10.6. The summed E-state index contributed by atoms with van der Waals surface area (Å²) in [5.41, 5.74) is 0. The molecule has 0 atom stereocenters. The molecule has 0 aliphatic carbocycles. The van der Waals surface area contributed by atoms with Crippen molar-refractivity contribution < 1.29 is 4.74 Å². The van der Waals surface area contributed by atoms with Crippen molar-refractivity contribution in [3.8, 4) is 0 Å². The van der Waals surface area contributed by atoms with Gasteiger partial charge in [0.1, 0.15) is 0 Å². The summed E-state index contributed by atoms with van der Waals surface area (Å²) in [6, 6.07) is 0. The topological polar surface area (TPSA) is 21.3 Å². The van der Waals surface area contributed by atoms with Gasteiger partial charge in [-0.15, -0.1) is 0 Å². The second-order valence-corrected chi connectivity index (χ2v) is 2.43. The van der Waals surface area contributed by atoms with E-state index in [1.807, 2.05) is 6.92 Å². The Morgan fingerprint density at radius 2 is 2.40 bits per heavy atom. The quantitative estimate of drug-likeness (QED) is 0.598. The van der Waals surface area contributed by atoms with Crippen LogP contribution in [0.4, 0.5) is 0 Å². The van der Waals surface area contributed by atoms with Gasteiger partial charge in [-0.25, -0.2) is 0 Å². The molecule has 0 radical (unpaired) electrons. The summed E-state index contributed by atoms with van der Waals surface area (Å²) in [6.45, 7) is 8.51. The van der Waals surface area contributed by atoms with E-state index < -0.39 is 0 Å². The zero-order chi connectivity index (χ0) is 7.82. The third kappa shape index (κ3) is 7.95. The summed E-state index contributed by atoms with van der Waals surface area (Å²) in [6.07, 6.45) is 0. The largest absolute Gasteiger partial charge is 0.380 e. The van der Waals surface area contributed by atoms with Crippen LogP contribution < -0.4 is 5.32 Å². The molecule has 0 aromatic heterocycles. The minimum atomic E-state index is 0.636. The Morgan fingerprint density at radius 3 is 2.90 bits per heavy atom. The van der Waals surface area contributed by atoms with Crippen LogP contribution in [-0.4, -0.2) is 26.3 Å². The van der Waals surface area contributed by atoms with Gasteiger partial charge in [-0.2, -0.15) is 0 Å². The van der Waals surface area contributed by atoms with Gasteiger partial charge in [0.25, 0.3) is 0 Å². The van der Waals surface area contributed by atoms with E-state index in [2.05, 4.69) is 11.9 Å². The normalized spacial score (nSPS) is 9.80. The molecule has 0 fully saturated rings. The highest BCUT2D eigenvalue weighted by Gasteiger charge is 1.87. The Bertz CT molecular complexity index is 95.6. The molecule has 2 nitrogen and oxygen atoms in total. The van der Waals surface area contributed by atoms with E-state index >= 15 is 0 Å². The molecule has 0 saturated carbocycles. The molecule has 0 amide bonds. The van der Waals surface area contributed by atoms with E-state index in [9.17, 15) is 0 Å². The molecule has 0 unspecified atom stereocenters. The van der Waals surface area contributed by atoms with Crippen molar-refractivity contribution in [2.45, 2.75) is 6.92 Å². The Kier molecular flexibility index (Phi) is 7.03. The highest BCUT2D eigenvalue weighted by molar-refractivity contribution is 6.29. The molecule has 0 heterocycles. The molecule has 0 bridgehead atoms. The van der Waals surface area contributed by atoms with Crippen LogP contribution in [0.3, 0.4) is 0 Å². The summed E-state index contributed by atoms with van der Waals surface area (Å²) in [5, 5.41) is 3.70. The van der Waals surface area contributed by atoms with Gasteiger partial charge in [-0.05, 0) is 6.92 Å². The van der Waals surface area contributed by atoms with E-state index in [1.54, 1.807) is 0 Å². The van der Waals surface area contributed by atoms with Gasteiger partial charge in [0.2, 0.25) is 0 Å². The smallest absolute Gasteiger partial charge is 0.0590 e. The molecular formula is C7H14ClNO. The van der Waals surface area contributed by atoms with Crippen molar-refractivity contribution in [2.75, 3.05) is 26.3 Å². The number of ether oxygens (including phenoxy) is 1. The monoisotopic (exact) mass is 163 g/mol. The molecule has 0 saturated heterocycles. The Hall–Kier alpha value is -0.0500. The average Bonchev–Trinajstić information content (AvgIpc) is 1.87. The van der Waals surface area contributed by atoms with Crippen LogP contribution in [0, 0.1) is 0 Å². The Labute approximate surface area is 67.2 Å². The molecule has 0 aromatic carbocycles. The SMILES string of the molecule is C=C(Cl)CNCCOCC. The standard InChI is InChI=1S/C7H14ClNO/c1-3-10-5-4-9-6-7(2)8/h9H,2-6H2,1H3. The average molecular weight is 164 g/mol. The summed E-state index contributed by atoms with van der Waals surface area (Å²) in [5.74, 6) is 0. The third-order valence-electron chi connectivity index (χ3n) is 0.944. The summed E-state index contributed by atoms with van der Waals surface area (Å²) in [4.78, 5) is 0. The lowest BCUT2D eigenvalue weighted by Gasteiger charge is -2.02. The van der Waals surface area contributed by atoms with Gasteiger partial charge in [-0.3, -0.25) is 0 Å². The fourth-order valence-electron chi connectivity index (χ4n) is 0.513. The maximum atomic E-state index is 5.49. The number of hydrogen-bond acceptors (Lipinski definition) is 2. The zero-order valence-electron chi connectivity index (χ0n) is 6.32. The van der Waals surface area contributed by atoms with E-state index in [1.165, 1.54) is 0 Å². The molecule has 0 aliphatic heterocycles. The highest BCUT2D eigenvalue weighted by Crippen LogP contribution is 1.91. The summed E-state index contributed by atoms with van der Waals surface area (Å²) in [7, 11) is 0. The molecule has 1 N–H and O–H groups in total. The Morgan fingerprint density at radius 1 is 1.70 bits per heavy atom. The molecule has 0 rings (SSSR count). The van der Waals surface area contributed by atoms with Crippen molar-refractivity contribution in [3.63, 3.8) is 0 Å².